The van der Waals surface area contributed by atoms with Crippen molar-refractivity contribution in [1.82, 2.24) is 9.88 Å². The van der Waals surface area contributed by atoms with Gasteiger partial charge in [-0.25, -0.2) is 4.98 Å². The number of aryl methyl sites for hydroxylation is 1. The minimum absolute atomic E-state index is 0.0553. The molecule has 2 amide bonds. The number of carbonyl (C=O) groups excluding carboxylic acids is 2. The Bertz CT molecular complexity index is 880. The van der Waals surface area contributed by atoms with Crippen LogP contribution in [0.15, 0.2) is 42.5 Å². The lowest BCUT2D eigenvalue weighted by molar-refractivity contribution is 0.0602. The number of piperidine rings is 1. The van der Waals surface area contributed by atoms with Crippen LogP contribution in [0.3, 0.4) is 0 Å². The van der Waals surface area contributed by atoms with E-state index in [9.17, 15) is 9.59 Å². The van der Waals surface area contributed by atoms with Crippen molar-refractivity contribution in [3.05, 3.63) is 59.4 Å². The second kappa shape index (κ2) is 8.13. The number of hydrogen-bond donors (Lipinski definition) is 0. The Morgan fingerprint density at radius 3 is 2.57 bits per heavy atom. The number of amides is 2. The summed E-state index contributed by atoms with van der Waals surface area (Å²) >= 11 is 0. The smallest absolute Gasteiger partial charge is 0.276 e. The molecule has 2 aliphatic rings. The van der Waals surface area contributed by atoms with E-state index in [0.29, 0.717) is 17.9 Å². The first-order valence-corrected chi connectivity index (χ1v) is 10.4. The predicted octanol–water partition coefficient (Wildman–Crippen LogP) is 4.08. The van der Waals surface area contributed by atoms with Gasteiger partial charge >= 0.3 is 0 Å². The van der Waals surface area contributed by atoms with Crippen molar-refractivity contribution in [2.75, 3.05) is 18.0 Å². The summed E-state index contributed by atoms with van der Waals surface area (Å²) in [5.41, 5.74) is 2.86. The van der Waals surface area contributed by atoms with Crippen LogP contribution in [0, 0.1) is 0 Å². The van der Waals surface area contributed by atoms with Gasteiger partial charge in [-0.05, 0) is 62.3 Å². The van der Waals surface area contributed by atoms with Gasteiger partial charge in [-0.2, -0.15) is 0 Å². The quantitative estimate of drug-likeness (QED) is 0.810. The number of para-hydroxylation sites is 1. The van der Waals surface area contributed by atoms with E-state index in [0.717, 1.165) is 44.3 Å². The third-order valence-electron chi connectivity index (χ3n) is 5.90. The van der Waals surface area contributed by atoms with Crippen molar-refractivity contribution >= 4 is 17.5 Å². The third-order valence-corrected chi connectivity index (χ3v) is 5.90. The summed E-state index contributed by atoms with van der Waals surface area (Å²) in [6.45, 7) is 3.58. The maximum Gasteiger partial charge on any atom is 0.276 e. The molecule has 1 atom stereocenters. The molecule has 4 rings (SSSR count). The van der Waals surface area contributed by atoms with E-state index in [-0.39, 0.29) is 17.9 Å². The van der Waals surface area contributed by atoms with Gasteiger partial charge in [0.25, 0.3) is 11.8 Å². The second-order valence-electron chi connectivity index (χ2n) is 7.65. The lowest BCUT2D eigenvalue weighted by Crippen LogP contribution is -2.44. The van der Waals surface area contributed by atoms with Crippen molar-refractivity contribution < 1.29 is 9.59 Å². The highest BCUT2D eigenvalue weighted by Crippen LogP contribution is 2.28. The van der Waals surface area contributed by atoms with Crippen LogP contribution >= 0.6 is 0 Å². The zero-order chi connectivity index (χ0) is 19.5. The van der Waals surface area contributed by atoms with Crippen LogP contribution in [-0.4, -0.2) is 40.8 Å². The first kappa shape index (κ1) is 18.7. The van der Waals surface area contributed by atoms with E-state index in [2.05, 4.69) is 18.0 Å². The fraction of sp³-hybridized carbons (Fsp3) is 0.435. The molecule has 0 saturated carbocycles. The Kier molecular flexibility index (Phi) is 5.42. The number of rotatable bonds is 3. The summed E-state index contributed by atoms with van der Waals surface area (Å²) in [5, 5.41) is 0. The first-order valence-electron chi connectivity index (χ1n) is 10.4. The summed E-state index contributed by atoms with van der Waals surface area (Å²) in [6, 6.07) is 13.5. The third kappa shape index (κ3) is 3.53. The molecule has 5 nitrogen and oxygen atoms in total. The molecule has 28 heavy (non-hydrogen) atoms. The van der Waals surface area contributed by atoms with E-state index >= 15 is 0 Å². The molecule has 2 aromatic rings. The van der Waals surface area contributed by atoms with Crippen LogP contribution in [0.5, 0.6) is 0 Å². The van der Waals surface area contributed by atoms with Gasteiger partial charge < -0.3 is 9.80 Å². The van der Waals surface area contributed by atoms with Crippen LogP contribution in [0.2, 0.25) is 0 Å². The van der Waals surface area contributed by atoms with E-state index in [1.165, 1.54) is 12.0 Å². The van der Waals surface area contributed by atoms with Gasteiger partial charge in [0.2, 0.25) is 0 Å². The standard InChI is InChI=1S/C23H27N3O2/c1-2-18-11-5-6-15-25(18)22(27)19-12-7-13-20(24-19)23(28)26-16-8-10-17-9-3-4-14-21(17)26/h3-4,7,9,12-14,18H,2,5-6,8,10-11,15-16H2,1H3. The number of aromatic nitrogens is 1. The van der Waals surface area contributed by atoms with Gasteiger partial charge in [0, 0.05) is 24.8 Å². The van der Waals surface area contributed by atoms with E-state index in [1.54, 1.807) is 23.1 Å². The number of pyridine rings is 1. The first-order chi connectivity index (χ1) is 13.7. The van der Waals surface area contributed by atoms with Gasteiger partial charge in [-0.15, -0.1) is 0 Å². The summed E-state index contributed by atoms with van der Waals surface area (Å²) in [5.74, 6) is -0.187. The molecule has 0 spiro atoms. The molecular formula is C23H27N3O2. The Morgan fingerprint density at radius 1 is 0.964 bits per heavy atom. The van der Waals surface area contributed by atoms with Crippen LogP contribution in [0.25, 0.3) is 0 Å². The predicted molar refractivity (Wildman–Crippen MR) is 110 cm³/mol. The molecule has 0 bridgehead atoms. The number of hydrogen-bond acceptors (Lipinski definition) is 3. The number of nitrogens with zero attached hydrogens (tertiary/aromatic N) is 3. The lowest BCUT2D eigenvalue weighted by atomic mass is 9.99. The number of likely N-dealkylation sites (tertiary alicyclic amines) is 1. The zero-order valence-electron chi connectivity index (χ0n) is 16.4. The molecule has 1 saturated heterocycles. The fourth-order valence-electron chi connectivity index (χ4n) is 4.40. The average Bonchev–Trinajstić information content (AvgIpc) is 2.77. The van der Waals surface area contributed by atoms with Gasteiger partial charge in [-0.3, -0.25) is 9.59 Å². The Morgan fingerprint density at radius 2 is 1.75 bits per heavy atom. The zero-order valence-corrected chi connectivity index (χ0v) is 16.4. The SMILES string of the molecule is CCC1CCCCN1C(=O)c1cccc(C(=O)N2CCCc3ccccc32)n1. The largest absolute Gasteiger partial charge is 0.334 e. The Balaban J connectivity index is 1.59. The number of benzene rings is 1. The molecule has 5 heteroatoms. The van der Waals surface area contributed by atoms with Crippen molar-refractivity contribution in [2.24, 2.45) is 0 Å². The van der Waals surface area contributed by atoms with E-state index in [1.807, 2.05) is 23.1 Å². The van der Waals surface area contributed by atoms with Crippen molar-refractivity contribution in [3.8, 4) is 0 Å². The summed E-state index contributed by atoms with van der Waals surface area (Å²) < 4.78 is 0. The monoisotopic (exact) mass is 377 g/mol. The molecule has 1 unspecified atom stereocenters. The van der Waals surface area contributed by atoms with Crippen molar-refractivity contribution in [3.63, 3.8) is 0 Å². The van der Waals surface area contributed by atoms with Crippen LogP contribution in [-0.2, 0) is 6.42 Å². The maximum absolute atomic E-state index is 13.2. The Labute approximate surface area is 166 Å². The molecule has 3 heterocycles. The highest BCUT2D eigenvalue weighted by Gasteiger charge is 2.28. The molecule has 0 aliphatic carbocycles. The normalized spacial score (nSPS) is 19.2. The maximum atomic E-state index is 13.2. The molecule has 1 aromatic heterocycles. The number of carbonyl (C=O) groups is 2. The molecule has 1 fully saturated rings. The van der Waals surface area contributed by atoms with Crippen molar-refractivity contribution in [2.45, 2.75) is 51.5 Å². The number of anilines is 1. The van der Waals surface area contributed by atoms with Gasteiger partial charge in [0.15, 0.2) is 0 Å². The molecular weight excluding hydrogens is 350 g/mol. The van der Waals surface area contributed by atoms with Gasteiger partial charge in [0.1, 0.15) is 11.4 Å². The molecule has 0 N–H and O–H groups in total. The highest BCUT2D eigenvalue weighted by molar-refractivity contribution is 6.06. The number of fused-ring (bicyclic) bond motifs is 1. The molecule has 146 valence electrons. The van der Waals surface area contributed by atoms with Crippen LogP contribution in [0.1, 0.15) is 65.6 Å². The topological polar surface area (TPSA) is 53.5 Å². The van der Waals surface area contributed by atoms with E-state index < -0.39 is 0 Å². The van der Waals surface area contributed by atoms with Crippen LogP contribution < -0.4 is 4.90 Å². The molecule has 0 radical (unpaired) electrons. The summed E-state index contributed by atoms with van der Waals surface area (Å²) in [6.07, 6.45) is 6.13. The fourth-order valence-corrected chi connectivity index (χ4v) is 4.40. The summed E-state index contributed by atoms with van der Waals surface area (Å²) in [7, 11) is 0. The van der Waals surface area contributed by atoms with Gasteiger partial charge in [0.05, 0.1) is 0 Å². The van der Waals surface area contributed by atoms with Crippen LogP contribution in [0.4, 0.5) is 5.69 Å². The minimum Gasteiger partial charge on any atom is -0.334 e. The summed E-state index contributed by atoms with van der Waals surface area (Å²) in [4.78, 5) is 34.4. The van der Waals surface area contributed by atoms with Gasteiger partial charge in [-0.1, -0.05) is 31.2 Å². The van der Waals surface area contributed by atoms with E-state index in [4.69, 9.17) is 0 Å². The molecule has 1 aromatic carbocycles. The lowest BCUT2D eigenvalue weighted by Gasteiger charge is -2.35. The highest BCUT2D eigenvalue weighted by atomic mass is 16.2. The molecule has 2 aliphatic heterocycles. The minimum atomic E-state index is -0.132. The van der Waals surface area contributed by atoms with Crippen molar-refractivity contribution in [1.29, 1.82) is 0 Å². The second-order valence-corrected chi connectivity index (χ2v) is 7.65. The Hall–Kier alpha value is -2.69. The average molecular weight is 377 g/mol.